The maximum absolute atomic E-state index is 12.8. The number of nitrogens with one attached hydrogen (secondary N) is 1. The molecule has 33 heavy (non-hydrogen) atoms. The number of benzene rings is 3. The fraction of sp³-hybridized carbons (Fsp3) is 0.200. The van der Waals surface area contributed by atoms with Crippen LogP contribution in [-0.2, 0) is 14.3 Å². The van der Waals surface area contributed by atoms with Gasteiger partial charge in [-0.05, 0) is 31.2 Å². The summed E-state index contributed by atoms with van der Waals surface area (Å²) in [6, 6.07) is 18.2. The first-order chi connectivity index (χ1) is 16.0. The molecule has 4 aromatic rings. The predicted octanol–water partition coefficient (Wildman–Crippen LogP) is 4.30. The van der Waals surface area contributed by atoms with E-state index in [-0.39, 0.29) is 6.61 Å². The number of para-hydroxylation sites is 3. The zero-order valence-corrected chi connectivity index (χ0v) is 18.0. The molecular formula is C25H21NO7. The van der Waals surface area contributed by atoms with Crippen LogP contribution in [0.4, 0.5) is 5.69 Å². The number of hydrogen-bond acceptors (Lipinski definition) is 7. The molecule has 1 amide bonds. The van der Waals surface area contributed by atoms with Crippen molar-refractivity contribution < 1.29 is 33.0 Å². The van der Waals surface area contributed by atoms with Gasteiger partial charge in [0.2, 0.25) is 6.10 Å². The van der Waals surface area contributed by atoms with E-state index >= 15 is 0 Å². The normalized spacial score (nSPS) is 15.8. The first-order valence-electron chi connectivity index (χ1n) is 10.4. The Balaban J connectivity index is 1.30. The van der Waals surface area contributed by atoms with Gasteiger partial charge in [-0.15, -0.1) is 0 Å². The molecule has 0 bridgehead atoms. The van der Waals surface area contributed by atoms with Gasteiger partial charge in [-0.25, -0.2) is 4.79 Å². The number of carbonyl (C=O) groups is 2. The van der Waals surface area contributed by atoms with Crippen LogP contribution in [0.5, 0.6) is 17.2 Å². The number of rotatable bonds is 5. The summed E-state index contributed by atoms with van der Waals surface area (Å²) in [5.41, 5.74) is 1.74. The minimum Gasteiger partial charge on any atom is -0.495 e. The summed E-state index contributed by atoms with van der Waals surface area (Å²) >= 11 is 0. The lowest BCUT2D eigenvalue weighted by molar-refractivity contribution is -0.162. The Morgan fingerprint density at radius 3 is 2.58 bits per heavy atom. The van der Waals surface area contributed by atoms with Crippen LogP contribution in [0, 0.1) is 0 Å². The van der Waals surface area contributed by atoms with Crippen molar-refractivity contribution in [2.45, 2.75) is 19.1 Å². The Bertz CT molecular complexity index is 1360. The van der Waals surface area contributed by atoms with E-state index in [0.717, 1.165) is 16.4 Å². The molecule has 1 aliphatic heterocycles. The number of methoxy groups -OCH3 is 1. The van der Waals surface area contributed by atoms with Crippen molar-refractivity contribution in [3.05, 3.63) is 60.7 Å². The highest BCUT2D eigenvalue weighted by molar-refractivity contribution is 6.08. The van der Waals surface area contributed by atoms with Gasteiger partial charge in [-0.3, -0.25) is 4.79 Å². The van der Waals surface area contributed by atoms with Crippen LogP contribution in [0.3, 0.4) is 0 Å². The van der Waals surface area contributed by atoms with Gasteiger partial charge < -0.3 is 28.7 Å². The zero-order valence-electron chi connectivity index (χ0n) is 18.0. The van der Waals surface area contributed by atoms with Gasteiger partial charge in [0, 0.05) is 16.8 Å². The topological polar surface area (TPSA) is 96.2 Å². The van der Waals surface area contributed by atoms with E-state index in [2.05, 4.69) is 5.32 Å². The number of hydrogen-bond donors (Lipinski definition) is 1. The Morgan fingerprint density at radius 1 is 1.00 bits per heavy atom. The summed E-state index contributed by atoms with van der Waals surface area (Å²) in [7, 11) is 1.51. The van der Waals surface area contributed by atoms with Crippen LogP contribution in [0.1, 0.15) is 6.92 Å². The van der Waals surface area contributed by atoms with E-state index in [1.165, 1.54) is 14.0 Å². The van der Waals surface area contributed by atoms with Crippen molar-refractivity contribution in [1.82, 2.24) is 0 Å². The van der Waals surface area contributed by atoms with Crippen LogP contribution in [0.2, 0.25) is 0 Å². The average molecular weight is 447 g/mol. The molecule has 0 radical (unpaired) electrons. The second-order valence-electron chi connectivity index (χ2n) is 7.58. The van der Waals surface area contributed by atoms with E-state index in [0.29, 0.717) is 28.5 Å². The number of ether oxygens (including phenoxy) is 4. The predicted molar refractivity (Wildman–Crippen MR) is 121 cm³/mol. The van der Waals surface area contributed by atoms with E-state index in [9.17, 15) is 9.59 Å². The molecule has 0 aliphatic carbocycles. The molecule has 3 aromatic carbocycles. The van der Waals surface area contributed by atoms with Gasteiger partial charge in [-0.2, -0.15) is 0 Å². The van der Waals surface area contributed by atoms with E-state index < -0.39 is 24.1 Å². The lowest BCUT2D eigenvalue weighted by Crippen LogP contribution is -2.41. The van der Waals surface area contributed by atoms with Gasteiger partial charge in [0.05, 0.1) is 12.8 Å². The molecule has 8 heteroatoms. The number of amides is 1. The van der Waals surface area contributed by atoms with Gasteiger partial charge >= 0.3 is 5.97 Å². The summed E-state index contributed by atoms with van der Waals surface area (Å²) in [5, 5.41) is 4.56. The second-order valence-corrected chi connectivity index (χ2v) is 7.58. The maximum atomic E-state index is 12.8. The lowest BCUT2D eigenvalue weighted by Gasteiger charge is -2.26. The van der Waals surface area contributed by atoms with Gasteiger partial charge in [-0.1, -0.05) is 30.3 Å². The molecular weight excluding hydrogens is 426 g/mol. The first kappa shape index (κ1) is 20.7. The maximum Gasteiger partial charge on any atom is 0.351 e. The molecule has 2 heterocycles. The highest BCUT2D eigenvalue weighted by Crippen LogP contribution is 2.36. The minimum absolute atomic E-state index is 0.000723. The summed E-state index contributed by atoms with van der Waals surface area (Å²) in [6.45, 7) is 1.48. The zero-order chi connectivity index (χ0) is 22.9. The summed E-state index contributed by atoms with van der Waals surface area (Å²) in [5.74, 6) is 0.259. The quantitative estimate of drug-likeness (QED) is 0.456. The first-order valence-corrected chi connectivity index (χ1v) is 10.4. The van der Waals surface area contributed by atoms with Gasteiger partial charge in [0.15, 0.2) is 17.6 Å². The van der Waals surface area contributed by atoms with Gasteiger partial charge in [0.1, 0.15) is 23.5 Å². The largest absolute Gasteiger partial charge is 0.495 e. The Labute approximate surface area is 189 Å². The third-order valence-corrected chi connectivity index (χ3v) is 5.39. The monoisotopic (exact) mass is 447 g/mol. The Kier molecular flexibility index (Phi) is 5.26. The average Bonchev–Trinajstić information content (AvgIpc) is 3.20. The highest BCUT2D eigenvalue weighted by Gasteiger charge is 2.31. The SMILES string of the molecule is COc1cc2c(cc1NC(=O)C(C)OC(=O)C1COc3ccccc3O1)oc1ccccc12. The third kappa shape index (κ3) is 3.91. The summed E-state index contributed by atoms with van der Waals surface area (Å²) < 4.78 is 27.9. The van der Waals surface area contributed by atoms with E-state index in [1.807, 2.05) is 30.3 Å². The van der Waals surface area contributed by atoms with Crippen molar-refractivity contribution in [2.75, 3.05) is 19.0 Å². The number of fused-ring (bicyclic) bond motifs is 4. The fourth-order valence-electron chi connectivity index (χ4n) is 3.69. The van der Waals surface area contributed by atoms with Crippen LogP contribution in [0.15, 0.2) is 65.1 Å². The number of anilines is 1. The van der Waals surface area contributed by atoms with Crippen LogP contribution in [0.25, 0.3) is 21.9 Å². The molecule has 0 spiro atoms. The van der Waals surface area contributed by atoms with Crippen LogP contribution < -0.4 is 19.5 Å². The van der Waals surface area contributed by atoms with Crippen molar-refractivity contribution in [2.24, 2.45) is 0 Å². The molecule has 5 rings (SSSR count). The summed E-state index contributed by atoms with van der Waals surface area (Å²) in [4.78, 5) is 25.3. The van der Waals surface area contributed by atoms with E-state index in [4.69, 9.17) is 23.4 Å². The molecule has 2 atom stereocenters. The summed E-state index contributed by atoms with van der Waals surface area (Å²) in [6.07, 6.45) is -2.04. The minimum atomic E-state index is -1.07. The number of furan rings is 1. The molecule has 8 nitrogen and oxygen atoms in total. The standard InChI is InChI=1S/C25H21NO7/c1-14(31-25(28)23-13-30-19-9-5-6-10-20(19)33-23)24(27)26-17-12-21-16(11-22(17)29-2)15-7-3-4-8-18(15)32-21/h3-12,14,23H,13H2,1-2H3,(H,26,27). The molecule has 2 unspecified atom stereocenters. The third-order valence-electron chi connectivity index (χ3n) is 5.39. The second kappa shape index (κ2) is 8.38. The number of esters is 1. The molecule has 1 N–H and O–H groups in total. The van der Waals surface area contributed by atoms with Crippen molar-refractivity contribution in [3.63, 3.8) is 0 Å². The highest BCUT2D eigenvalue weighted by atomic mass is 16.6. The smallest absolute Gasteiger partial charge is 0.351 e. The van der Waals surface area contributed by atoms with E-state index in [1.54, 1.807) is 30.3 Å². The molecule has 1 aromatic heterocycles. The lowest BCUT2D eigenvalue weighted by atomic mass is 10.1. The van der Waals surface area contributed by atoms with Crippen molar-refractivity contribution in [3.8, 4) is 17.2 Å². The van der Waals surface area contributed by atoms with Crippen molar-refractivity contribution in [1.29, 1.82) is 0 Å². The Hall–Kier alpha value is -4.20. The molecule has 168 valence electrons. The van der Waals surface area contributed by atoms with Crippen LogP contribution in [-0.4, -0.2) is 37.8 Å². The fourth-order valence-corrected chi connectivity index (χ4v) is 3.69. The van der Waals surface area contributed by atoms with Gasteiger partial charge in [0.25, 0.3) is 5.91 Å². The van der Waals surface area contributed by atoms with Crippen LogP contribution >= 0.6 is 0 Å². The molecule has 0 saturated heterocycles. The molecule has 1 aliphatic rings. The number of carbonyl (C=O) groups excluding carboxylic acids is 2. The molecule has 0 fully saturated rings. The molecule has 0 saturated carbocycles. The van der Waals surface area contributed by atoms with Crippen molar-refractivity contribution >= 4 is 39.5 Å². The Morgan fingerprint density at radius 2 is 1.76 bits per heavy atom.